The van der Waals surface area contributed by atoms with E-state index >= 15 is 0 Å². The summed E-state index contributed by atoms with van der Waals surface area (Å²) in [4.78, 5) is 22.8. The van der Waals surface area contributed by atoms with Gasteiger partial charge in [-0.2, -0.15) is 0 Å². The highest BCUT2D eigenvalue weighted by Crippen LogP contribution is 2.30. The number of anilines is 2. The number of esters is 1. The van der Waals surface area contributed by atoms with Crippen molar-refractivity contribution in [1.29, 1.82) is 0 Å². The zero-order valence-electron chi connectivity index (χ0n) is 14.1. The minimum Gasteiger partial charge on any atom is -0.468 e. The summed E-state index contributed by atoms with van der Waals surface area (Å²) in [6.07, 6.45) is 0. The molecule has 0 aliphatic rings. The van der Waals surface area contributed by atoms with Gasteiger partial charge in [0.2, 0.25) is 5.91 Å². The second-order valence-corrected chi connectivity index (χ2v) is 7.51. The molecule has 2 aromatic carbocycles. The molecule has 7 nitrogen and oxygen atoms in total. The minimum absolute atomic E-state index is 0.0598. The Labute approximate surface area is 156 Å². The van der Waals surface area contributed by atoms with Crippen molar-refractivity contribution in [1.82, 2.24) is 0 Å². The maximum Gasteiger partial charge on any atom is 0.326 e. The summed E-state index contributed by atoms with van der Waals surface area (Å²) < 4.78 is 31.6. The molecular formula is C17H17ClN2O5S. The fourth-order valence-electron chi connectivity index (χ4n) is 2.18. The SMILES string of the molecule is COC(=O)CN(c1ccccc1Cl)S(=O)(=O)c1ccc(NC(C)=O)cc1. The average Bonchev–Trinajstić information content (AvgIpc) is 2.60. The quantitative estimate of drug-likeness (QED) is 0.758. The van der Waals surface area contributed by atoms with Crippen LogP contribution in [0.25, 0.3) is 0 Å². The second kappa shape index (κ2) is 8.20. The van der Waals surface area contributed by atoms with Crippen LogP contribution in [0.5, 0.6) is 0 Å². The van der Waals surface area contributed by atoms with Crippen LogP contribution in [0.4, 0.5) is 11.4 Å². The molecule has 0 heterocycles. The summed E-state index contributed by atoms with van der Waals surface area (Å²) in [5, 5.41) is 2.73. The number of nitrogens with one attached hydrogen (secondary N) is 1. The van der Waals surface area contributed by atoms with E-state index in [1.165, 1.54) is 50.4 Å². The Morgan fingerprint density at radius 3 is 2.27 bits per heavy atom. The van der Waals surface area contributed by atoms with Crippen LogP contribution in [-0.2, 0) is 24.3 Å². The molecule has 1 N–H and O–H groups in total. The van der Waals surface area contributed by atoms with Gasteiger partial charge >= 0.3 is 5.97 Å². The topological polar surface area (TPSA) is 92.8 Å². The predicted molar refractivity (Wildman–Crippen MR) is 98.7 cm³/mol. The lowest BCUT2D eigenvalue weighted by molar-refractivity contribution is -0.138. The number of methoxy groups -OCH3 is 1. The van der Waals surface area contributed by atoms with E-state index in [0.29, 0.717) is 5.69 Å². The fraction of sp³-hybridized carbons (Fsp3) is 0.176. The van der Waals surface area contributed by atoms with Crippen molar-refractivity contribution in [2.24, 2.45) is 0 Å². The number of sulfonamides is 1. The Morgan fingerprint density at radius 2 is 1.73 bits per heavy atom. The molecule has 2 rings (SSSR count). The number of carbonyl (C=O) groups is 2. The summed E-state index contributed by atoms with van der Waals surface area (Å²) in [5.74, 6) is -1.01. The molecule has 0 atom stereocenters. The number of carbonyl (C=O) groups excluding carboxylic acids is 2. The number of halogens is 1. The molecule has 0 saturated carbocycles. The lowest BCUT2D eigenvalue weighted by Crippen LogP contribution is -2.36. The molecule has 0 radical (unpaired) electrons. The third-order valence-corrected chi connectivity index (χ3v) is 5.48. The maximum absolute atomic E-state index is 13.0. The Balaban J connectivity index is 2.47. The largest absolute Gasteiger partial charge is 0.468 e. The lowest BCUT2D eigenvalue weighted by Gasteiger charge is -2.24. The molecule has 0 fully saturated rings. The van der Waals surface area contributed by atoms with Gasteiger partial charge < -0.3 is 10.1 Å². The molecule has 0 unspecified atom stereocenters. The van der Waals surface area contributed by atoms with Crippen molar-refractivity contribution in [3.8, 4) is 0 Å². The summed E-state index contributed by atoms with van der Waals surface area (Å²) in [5.41, 5.74) is 0.610. The molecule has 0 bridgehead atoms. The predicted octanol–water partition coefficient (Wildman–Crippen LogP) is 2.67. The van der Waals surface area contributed by atoms with Gasteiger partial charge in [-0.1, -0.05) is 23.7 Å². The highest BCUT2D eigenvalue weighted by atomic mass is 35.5. The van der Waals surface area contributed by atoms with E-state index in [-0.39, 0.29) is 21.5 Å². The summed E-state index contributed by atoms with van der Waals surface area (Å²) in [7, 11) is -2.92. The van der Waals surface area contributed by atoms with Crippen LogP contribution < -0.4 is 9.62 Å². The Morgan fingerprint density at radius 1 is 1.12 bits per heavy atom. The van der Waals surface area contributed by atoms with Gasteiger partial charge in [-0.3, -0.25) is 13.9 Å². The number of benzene rings is 2. The summed E-state index contributed by atoms with van der Waals surface area (Å²) >= 11 is 6.12. The standard InChI is InChI=1S/C17H17ClN2O5S/c1-12(21)19-13-7-9-14(10-8-13)26(23,24)20(11-17(22)25-2)16-6-4-3-5-15(16)18/h3-10H,11H2,1-2H3,(H,19,21). The van der Waals surface area contributed by atoms with Crippen molar-refractivity contribution >= 4 is 44.9 Å². The van der Waals surface area contributed by atoms with Crippen LogP contribution in [0.15, 0.2) is 53.4 Å². The lowest BCUT2D eigenvalue weighted by atomic mass is 10.3. The number of para-hydroxylation sites is 1. The molecule has 0 aliphatic heterocycles. The first-order chi connectivity index (χ1) is 12.3. The van der Waals surface area contributed by atoms with Gasteiger partial charge in [-0.05, 0) is 36.4 Å². The van der Waals surface area contributed by atoms with Crippen LogP contribution in [0.3, 0.4) is 0 Å². The molecule has 1 amide bonds. The number of ether oxygens (including phenoxy) is 1. The van der Waals surface area contributed by atoms with Gasteiger partial charge in [0.25, 0.3) is 10.0 Å². The van der Waals surface area contributed by atoms with Crippen LogP contribution >= 0.6 is 11.6 Å². The van der Waals surface area contributed by atoms with E-state index < -0.39 is 22.5 Å². The highest BCUT2D eigenvalue weighted by molar-refractivity contribution is 7.92. The minimum atomic E-state index is -4.09. The number of nitrogens with zero attached hydrogens (tertiary/aromatic N) is 1. The van der Waals surface area contributed by atoms with Gasteiger partial charge in [0.1, 0.15) is 6.54 Å². The van der Waals surface area contributed by atoms with E-state index in [9.17, 15) is 18.0 Å². The molecule has 2 aromatic rings. The van der Waals surface area contributed by atoms with Crippen molar-refractivity contribution in [2.75, 3.05) is 23.3 Å². The van der Waals surface area contributed by atoms with Gasteiger partial charge in [-0.25, -0.2) is 8.42 Å². The first kappa shape index (κ1) is 19.7. The van der Waals surface area contributed by atoms with Crippen LogP contribution in [-0.4, -0.2) is 33.9 Å². The van der Waals surface area contributed by atoms with Gasteiger partial charge in [0.05, 0.1) is 22.7 Å². The zero-order valence-corrected chi connectivity index (χ0v) is 15.7. The molecule has 0 spiro atoms. The Hall–Kier alpha value is -2.58. The number of hydrogen-bond acceptors (Lipinski definition) is 5. The first-order valence-electron chi connectivity index (χ1n) is 7.47. The third-order valence-electron chi connectivity index (χ3n) is 3.38. The first-order valence-corrected chi connectivity index (χ1v) is 9.29. The van der Waals surface area contributed by atoms with Gasteiger partial charge in [0, 0.05) is 12.6 Å². The fourth-order valence-corrected chi connectivity index (χ4v) is 3.89. The molecule has 9 heteroatoms. The normalized spacial score (nSPS) is 10.9. The van der Waals surface area contributed by atoms with E-state index in [2.05, 4.69) is 10.1 Å². The zero-order chi connectivity index (χ0) is 19.3. The molecule has 0 aromatic heterocycles. The van der Waals surface area contributed by atoms with Crippen molar-refractivity contribution in [2.45, 2.75) is 11.8 Å². The third kappa shape index (κ3) is 4.53. The number of rotatable bonds is 6. The molecular weight excluding hydrogens is 380 g/mol. The molecule has 26 heavy (non-hydrogen) atoms. The summed E-state index contributed by atoms with van der Waals surface area (Å²) in [6, 6.07) is 11.9. The van der Waals surface area contributed by atoms with Gasteiger partial charge in [-0.15, -0.1) is 0 Å². The van der Waals surface area contributed by atoms with Crippen LogP contribution in [0.2, 0.25) is 5.02 Å². The maximum atomic E-state index is 13.0. The van der Waals surface area contributed by atoms with Crippen LogP contribution in [0.1, 0.15) is 6.92 Å². The average molecular weight is 397 g/mol. The smallest absolute Gasteiger partial charge is 0.326 e. The Kier molecular flexibility index (Phi) is 6.23. The molecule has 138 valence electrons. The number of hydrogen-bond donors (Lipinski definition) is 1. The summed E-state index contributed by atoms with van der Waals surface area (Å²) in [6.45, 7) is 0.816. The number of amides is 1. The second-order valence-electron chi connectivity index (χ2n) is 5.24. The monoisotopic (exact) mass is 396 g/mol. The van der Waals surface area contributed by atoms with E-state index in [4.69, 9.17) is 11.6 Å². The molecule has 0 saturated heterocycles. The van der Waals surface area contributed by atoms with E-state index in [0.717, 1.165) is 4.31 Å². The highest BCUT2D eigenvalue weighted by Gasteiger charge is 2.29. The van der Waals surface area contributed by atoms with Crippen molar-refractivity contribution < 1.29 is 22.7 Å². The van der Waals surface area contributed by atoms with E-state index in [1.54, 1.807) is 12.1 Å². The molecule has 0 aliphatic carbocycles. The van der Waals surface area contributed by atoms with Crippen molar-refractivity contribution in [3.05, 3.63) is 53.6 Å². The van der Waals surface area contributed by atoms with E-state index in [1.807, 2.05) is 0 Å². The van der Waals surface area contributed by atoms with Gasteiger partial charge in [0.15, 0.2) is 0 Å². The van der Waals surface area contributed by atoms with Crippen molar-refractivity contribution in [3.63, 3.8) is 0 Å². The van der Waals surface area contributed by atoms with Crippen LogP contribution in [0, 0.1) is 0 Å². The Bertz CT molecular complexity index is 913.